The highest BCUT2D eigenvalue weighted by atomic mass is 127. The van der Waals surface area contributed by atoms with Gasteiger partial charge in [-0.15, -0.1) is 24.0 Å². The van der Waals surface area contributed by atoms with Crippen molar-refractivity contribution in [3.63, 3.8) is 0 Å². The number of hydrogen-bond donors (Lipinski definition) is 3. The van der Waals surface area contributed by atoms with Crippen LogP contribution in [0.5, 0.6) is 0 Å². The summed E-state index contributed by atoms with van der Waals surface area (Å²) in [6.07, 6.45) is 3.39. The summed E-state index contributed by atoms with van der Waals surface area (Å²) >= 11 is 5.40. The molecule has 2 rings (SSSR count). The number of rotatable bonds is 7. The SMILES string of the molecule is CN=C(NCCCNC(=O)c1ccc(Br)cc1)NCC1(C)CCCS1.I. The van der Waals surface area contributed by atoms with Crippen LogP contribution in [0.25, 0.3) is 0 Å². The van der Waals surface area contributed by atoms with E-state index in [4.69, 9.17) is 0 Å². The minimum absolute atomic E-state index is 0. The van der Waals surface area contributed by atoms with E-state index in [1.165, 1.54) is 18.6 Å². The summed E-state index contributed by atoms with van der Waals surface area (Å²) < 4.78 is 1.29. The number of carbonyl (C=O) groups excluding carboxylic acids is 1. The van der Waals surface area contributed by atoms with E-state index in [1.807, 2.05) is 36.0 Å². The summed E-state index contributed by atoms with van der Waals surface area (Å²) in [6, 6.07) is 7.36. The number of nitrogens with one attached hydrogen (secondary N) is 3. The molecule has 0 aliphatic carbocycles. The lowest BCUT2D eigenvalue weighted by atomic mass is 10.1. The largest absolute Gasteiger partial charge is 0.356 e. The average molecular weight is 555 g/mol. The number of benzene rings is 1. The molecule has 1 amide bonds. The Bertz CT molecular complexity index is 591. The Kier molecular flexibility index (Phi) is 10.9. The molecule has 1 unspecified atom stereocenters. The molecule has 1 aliphatic heterocycles. The minimum Gasteiger partial charge on any atom is -0.356 e. The monoisotopic (exact) mass is 554 g/mol. The molecule has 1 aliphatic rings. The minimum atomic E-state index is -0.0406. The quantitative estimate of drug-likeness (QED) is 0.208. The third-order valence-corrected chi connectivity index (χ3v) is 6.26. The van der Waals surface area contributed by atoms with E-state index >= 15 is 0 Å². The normalized spacial score (nSPS) is 19.6. The third kappa shape index (κ3) is 8.04. The molecule has 0 bridgehead atoms. The van der Waals surface area contributed by atoms with E-state index in [0.29, 0.717) is 16.9 Å². The first kappa shape index (κ1) is 23.6. The maximum absolute atomic E-state index is 12.0. The first-order valence-corrected chi connectivity index (χ1v) is 10.4. The van der Waals surface area contributed by atoms with Crippen LogP contribution in [0.3, 0.4) is 0 Å². The summed E-state index contributed by atoms with van der Waals surface area (Å²) in [4.78, 5) is 16.3. The van der Waals surface area contributed by atoms with Crippen molar-refractivity contribution in [2.45, 2.75) is 30.9 Å². The van der Waals surface area contributed by atoms with Gasteiger partial charge >= 0.3 is 0 Å². The highest BCUT2D eigenvalue weighted by Crippen LogP contribution is 2.36. The summed E-state index contributed by atoms with van der Waals surface area (Å²) in [5, 5.41) is 9.65. The van der Waals surface area contributed by atoms with Crippen LogP contribution in [-0.4, -0.2) is 49.0 Å². The number of nitrogens with zero attached hydrogens (tertiary/aromatic N) is 1. The molecule has 0 saturated carbocycles. The van der Waals surface area contributed by atoms with E-state index in [2.05, 4.69) is 43.8 Å². The van der Waals surface area contributed by atoms with Crippen molar-refractivity contribution in [2.75, 3.05) is 32.4 Å². The predicted octanol–water partition coefficient (Wildman–Crippen LogP) is 3.64. The Labute approximate surface area is 186 Å². The van der Waals surface area contributed by atoms with Crippen molar-refractivity contribution in [1.82, 2.24) is 16.0 Å². The predicted molar refractivity (Wildman–Crippen MR) is 126 cm³/mol. The fourth-order valence-electron chi connectivity index (χ4n) is 2.67. The number of thioether (sulfide) groups is 1. The first-order valence-electron chi connectivity index (χ1n) is 8.65. The number of hydrogen-bond acceptors (Lipinski definition) is 3. The molecule has 1 aromatic rings. The van der Waals surface area contributed by atoms with Crippen molar-refractivity contribution < 1.29 is 4.79 Å². The van der Waals surface area contributed by atoms with Gasteiger partial charge in [-0.2, -0.15) is 11.8 Å². The van der Waals surface area contributed by atoms with Gasteiger partial charge in [0.25, 0.3) is 5.91 Å². The van der Waals surface area contributed by atoms with Crippen LogP contribution in [0.4, 0.5) is 0 Å². The van der Waals surface area contributed by atoms with Crippen molar-refractivity contribution in [1.29, 1.82) is 0 Å². The standard InChI is InChI=1S/C18H27BrN4OS.HI/c1-18(9-3-12-25-18)13-23-17(20-2)22-11-4-10-21-16(24)14-5-7-15(19)8-6-14;/h5-8H,3-4,9-13H2,1-2H3,(H,21,24)(H2,20,22,23);1H. The third-order valence-electron chi connectivity index (χ3n) is 4.19. The van der Waals surface area contributed by atoms with Crippen LogP contribution in [0.1, 0.15) is 36.5 Å². The van der Waals surface area contributed by atoms with Gasteiger partial charge in [0.05, 0.1) is 0 Å². The van der Waals surface area contributed by atoms with Gasteiger partial charge in [-0.1, -0.05) is 15.9 Å². The van der Waals surface area contributed by atoms with Gasteiger partial charge in [-0.05, 0) is 56.2 Å². The summed E-state index contributed by atoms with van der Waals surface area (Å²) in [5.41, 5.74) is 0.677. The van der Waals surface area contributed by atoms with E-state index in [9.17, 15) is 4.79 Å². The zero-order valence-electron chi connectivity index (χ0n) is 15.3. The molecule has 146 valence electrons. The molecule has 1 aromatic carbocycles. The smallest absolute Gasteiger partial charge is 0.251 e. The Morgan fingerprint density at radius 3 is 2.54 bits per heavy atom. The number of aliphatic imine (C=N–C) groups is 1. The first-order chi connectivity index (χ1) is 12.0. The van der Waals surface area contributed by atoms with E-state index in [1.54, 1.807) is 7.05 Å². The van der Waals surface area contributed by atoms with Gasteiger partial charge in [-0.25, -0.2) is 0 Å². The van der Waals surface area contributed by atoms with Crippen LogP contribution < -0.4 is 16.0 Å². The lowest BCUT2D eigenvalue weighted by Crippen LogP contribution is -2.44. The molecular formula is C18H28BrIN4OS. The number of carbonyl (C=O) groups is 1. The summed E-state index contributed by atoms with van der Waals surface area (Å²) in [6.45, 7) is 4.64. The highest BCUT2D eigenvalue weighted by Gasteiger charge is 2.29. The zero-order valence-corrected chi connectivity index (χ0v) is 20.0. The molecule has 5 nitrogen and oxygen atoms in total. The van der Waals surface area contributed by atoms with Gasteiger partial charge in [0.2, 0.25) is 0 Å². The van der Waals surface area contributed by atoms with Gasteiger partial charge < -0.3 is 16.0 Å². The molecule has 1 fully saturated rings. The average Bonchev–Trinajstić information content (AvgIpc) is 3.04. The lowest BCUT2D eigenvalue weighted by molar-refractivity contribution is 0.0953. The number of amides is 1. The Morgan fingerprint density at radius 1 is 1.23 bits per heavy atom. The van der Waals surface area contributed by atoms with Crippen LogP contribution in [0, 0.1) is 0 Å². The summed E-state index contributed by atoms with van der Waals surface area (Å²) in [5.74, 6) is 2.04. The Balaban J connectivity index is 0.00000338. The van der Waals surface area contributed by atoms with E-state index in [0.717, 1.165) is 29.9 Å². The van der Waals surface area contributed by atoms with Crippen LogP contribution in [-0.2, 0) is 0 Å². The molecule has 0 spiro atoms. The fourth-order valence-corrected chi connectivity index (χ4v) is 4.18. The van der Waals surface area contributed by atoms with E-state index in [-0.39, 0.29) is 29.9 Å². The molecule has 1 atom stereocenters. The van der Waals surface area contributed by atoms with Gasteiger partial charge in [-0.3, -0.25) is 9.79 Å². The maximum Gasteiger partial charge on any atom is 0.251 e. The Morgan fingerprint density at radius 2 is 1.92 bits per heavy atom. The molecular weight excluding hydrogens is 527 g/mol. The summed E-state index contributed by atoms with van der Waals surface area (Å²) in [7, 11) is 1.79. The molecule has 0 radical (unpaired) electrons. The van der Waals surface area contributed by atoms with Crippen molar-refractivity contribution in [2.24, 2.45) is 4.99 Å². The fraction of sp³-hybridized carbons (Fsp3) is 0.556. The van der Waals surface area contributed by atoms with Crippen molar-refractivity contribution in [3.05, 3.63) is 34.3 Å². The van der Waals surface area contributed by atoms with Gasteiger partial charge in [0, 0.05) is 41.5 Å². The molecule has 26 heavy (non-hydrogen) atoms. The molecule has 8 heteroatoms. The van der Waals surface area contributed by atoms with Crippen LogP contribution in [0.15, 0.2) is 33.7 Å². The zero-order chi connectivity index (χ0) is 18.1. The molecule has 0 aromatic heterocycles. The second kappa shape index (κ2) is 12.1. The number of halogens is 2. The Hall–Kier alpha value is -0.480. The van der Waals surface area contributed by atoms with Crippen LogP contribution >= 0.6 is 51.7 Å². The van der Waals surface area contributed by atoms with Crippen molar-refractivity contribution >= 4 is 63.5 Å². The number of guanidine groups is 1. The van der Waals surface area contributed by atoms with E-state index < -0.39 is 0 Å². The second-order valence-corrected chi connectivity index (χ2v) is 8.97. The van der Waals surface area contributed by atoms with Crippen molar-refractivity contribution in [3.8, 4) is 0 Å². The van der Waals surface area contributed by atoms with Gasteiger partial charge in [0.1, 0.15) is 0 Å². The lowest BCUT2D eigenvalue weighted by Gasteiger charge is -2.24. The van der Waals surface area contributed by atoms with Gasteiger partial charge in [0.15, 0.2) is 5.96 Å². The topological polar surface area (TPSA) is 65.5 Å². The molecule has 1 saturated heterocycles. The highest BCUT2D eigenvalue weighted by molar-refractivity contribution is 14.0. The molecule has 1 heterocycles. The second-order valence-electron chi connectivity index (χ2n) is 6.37. The molecule has 3 N–H and O–H groups in total. The maximum atomic E-state index is 12.0. The van der Waals surface area contributed by atoms with Crippen LogP contribution in [0.2, 0.25) is 0 Å².